The van der Waals surface area contributed by atoms with Gasteiger partial charge in [-0.2, -0.15) is 5.10 Å². The number of carbonyl (C=O) groups is 1. The predicted octanol–water partition coefficient (Wildman–Crippen LogP) is 0.0285. The fraction of sp³-hybridized carbons (Fsp3) is 0.600. The van der Waals surface area contributed by atoms with Crippen LogP contribution in [-0.2, 0) is 16.0 Å². The highest BCUT2D eigenvalue weighted by atomic mass is 16.5. The lowest BCUT2D eigenvalue weighted by atomic mass is 10.2. The van der Waals surface area contributed by atoms with E-state index in [4.69, 9.17) is 4.74 Å². The molecule has 1 N–H and O–H groups in total. The molecule has 2 rings (SSSR count). The molecule has 6 nitrogen and oxygen atoms in total. The number of esters is 1. The average molecular weight is 225 g/mol. The molecule has 1 saturated heterocycles. The number of nitrogens with zero attached hydrogens (tertiary/aromatic N) is 2. The molecule has 0 saturated carbocycles. The first kappa shape index (κ1) is 11.1. The Morgan fingerprint density at radius 3 is 3.06 bits per heavy atom. The Balaban J connectivity index is 2.03. The number of H-pyrrole nitrogens is 1. The molecule has 6 heteroatoms. The van der Waals surface area contributed by atoms with Gasteiger partial charge >= 0.3 is 5.97 Å². The largest absolute Gasteiger partial charge is 0.465 e. The molecule has 0 atom stereocenters. The van der Waals surface area contributed by atoms with Crippen molar-refractivity contribution in [1.82, 2.24) is 15.1 Å². The molecular formula is C10H15N3O3. The lowest BCUT2D eigenvalue weighted by Crippen LogP contribution is -2.36. The quantitative estimate of drug-likeness (QED) is 0.735. The summed E-state index contributed by atoms with van der Waals surface area (Å²) in [6, 6.07) is 0. The topological polar surface area (TPSA) is 67.5 Å². The first-order valence-corrected chi connectivity index (χ1v) is 5.22. The summed E-state index contributed by atoms with van der Waals surface area (Å²) in [5.74, 6) is -0.350. The van der Waals surface area contributed by atoms with Crippen LogP contribution in [0.4, 0.5) is 0 Å². The van der Waals surface area contributed by atoms with Gasteiger partial charge in [-0.1, -0.05) is 0 Å². The maximum Gasteiger partial charge on any atom is 0.341 e. The van der Waals surface area contributed by atoms with Crippen LogP contribution < -0.4 is 0 Å². The second-order valence-electron chi connectivity index (χ2n) is 3.64. The lowest BCUT2D eigenvalue weighted by Gasteiger charge is -2.26. The van der Waals surface area contributed by atoms with E-state index in [9.17, 15) is 4.79 Å². The molecule has 88 valence electrons. The maximum atomic E-state index is 11.4. The number of morpholine rings is 1. The molecule has 1 aromatic rings. The number of aromatic amines is 1. The van der Waals surface area contributed by atoms with Gasteiger partial charge in [0.2, 0.25) is 0 Å². The van der Waals surface area contributed by atoms with Gasteiger partial charge in [-0.25, -0.2) is 4.79 Å². The van der Waals surface area contributed by atoms with Crippen LogP contribution in [0.1, 0.15) is 16.1 Å². The Hall–Kier alpha value is -1.40. The van der Waals surface area contributed by atoms with E-state index in [1.807, 2.05) is 0 Å². The summed E-state index contributed by atoms with van der Waals surface area (Å²) in [5.41, 5.74) is 1.31. The van der Waals surface area contributed by atoms with Crippen molar-refractivity contribution in [3.63, 3.8) is 0 Å². The first-order valence-electron chi connectivity index (χ1n) is 5.22. The summed E-state index contributed by atoms with van der Waals surface area (Å²) in [6.45, 7) is 3.90. The molecule has 0 amide bonds. The van der Waals surface area contributed by atoms with Crippen LogP contribution in [0, 0.1) is 0 Å². The van der Waals surface area contributed by atoms with Crippen LogP contribution >= 0.6 is 0 Å². The third-order valence-corrected chi connectivity index (χ3v) is 2.61. The van der Waals surface area contributed by atoms with Crippen LogP contribution in [0.15, 0.2) is 6.20 Å². The summed E-state index contributed by atoms with van der Waals surface area (Å²) < 4.78 is 9.94. The first-order chi connectivity index (χ1) is 7.81. The number of ether oxygens (including phenoxy) is 2. The van der Waals surface area contributed by atoms with E-state index in [1.165, 1.54) is 13.3 Å². The molecular weight excluding hydrogens is 210 g/mol. The highest BCUT2D eigenvalue weighted by Crippen LogP contribution is 2.10. The van der Waals surface area contributed by atoms with E-state index in [0.717, 1.165) is 32.0 Å². The smallest absolute Gasteiger partial charge is 0.341 e. The van der Waals surface area contributed by atoms with Gasteiger partial charge < -0.3 is 9.47 Å². The van der Waals surface area contributed by atoms with Gasteiger partial charge in [0.25, 0.3) is 0 Å². The molecule has 16 heavy (non-hydrogen) atoms. The van der Waals surface area contributed by atoms with Crippen molar-refractivity contribution >= 4 is 5.97 Å². The van der Waals surface area contributed by atoms with E-state index in [-0.39, 0.29) is 5.97 Å². The minimum atomic E-state index is -0.350. The second kappa shape index (κ2) is 5.09. The zero-order valence-corrected chi connectivity index (χ0v) is 9.23. The van der Waals surface area contributed by atoms with E-state index >= 15 is 0 Å². The number of hydrogen-bond donors (Lipinski definition) is 1. The number of methoxy groups -OCH3 is 1. The van der Waals surface area contributed by atoms with Crippen molar-refractivity contribution in [2.75, 3.05) is 33.4 Å². The summed E-state index contributed by atoms with van der Waals surface area (Å²) in [4.78, 5) is 13.6. The lowest BCUT2D eigenvalue weighted by molar-refractivity contribution is 0.0333. The zero-order valence-electron chi connectivity index (χ0n) is 9.23. The fourth-order valence-electron chi connectivity index (χ4n) is 1.70. The van der Waals surface area contributed by atoms with Gasteiger partial charge in [0.15, 0.2) is 0 Å². The molecule has 0 aliphatic carbocycles. The van der Waals surface area contributed by atoms with Crippen molar-refractivity contribution in [1.29, 1.82) is 0 Å². The summed E-state index contributed by atoms with van der Waals surface area (Å²) in [6.07, 6.45) is 1.50. The number of rotatable bonds is 3. The molecule has 1 aliphatic heterocycles. The van der Waals surface area contributed by atoms with Gasteiger partial charge in [0.05, 0.1) is 32.2 Å². The van der Waals surface area contributed by atoms with Crippen molar-refractivity contribution in [2.24, 2.45) is 0 Å². The zero-order chi connectivity index (χ0) is 11.4. The van der Waals surface area contributed by atoms with Crippen LogP contribution in [0.5, 0.6) is 0 Å². The van der Waals surface area contributed by atoms with E-state index < -0.39 is 0 Å². The standard InChI is InChI=1S/C10H15N3O3/c1-15-10(14)8-6-11-12-9(8)7-13-2-4-16-5-3-13/h6H,2-5,7H2,1H3,(H,11,12). The van der Waals surface area contributed by atoms with Gasteiger partial charge in [0.1, 0.15) is 5.56 Å². The summed E-state index contributed by atoms with van der Waals surface area (Å²) in [5, 5.41) is 6.71. The molecule has 0 bridgehead atoms. The van der Waals surface area contributed by atoms with Crippen LogP contribution in [0.3, 0.4) is 0 Å². The second-order valence-corrected chi connectivity index (χ2v) is 3.64. The van der Waals surface area contributed by atoms with Crippen molar-refractivity contribution in [2.45, 2.75) is 6.54 Å². The Kier molecular flexibility index (Phi) is 3.53. The highest BCUT2D eigenvalue weighted by molar-refractivity contribution is 5.90. The Morgan fingerprint density at radius 2 is 2.38 bits per heavy atom. The number of aromatic nitrogens is 2. The molecule has 2 heterocycles. The van der Waals surface area contributed by atoms with Gasteiger partial charge in [-0.15, -0.1) is 0 Å². The molecule has 0 radical (unpaired) electrons. The molecule has 1 aromatic heterocycles. The summed E-state index contributed by atoms with van der Waals surface area (Å²) in [7, 11) is 1.37. The Labute approximate surface area is 93.5 Å². The Bertz CT molecular complexity index is 358. The van der Waals surface area contributed by atoms with E-state index in [0.29, 0.717) is 12.1 Å². The Morgan fingerprint density at radius 1 is 1.62 bits per heavy atom. The third-order valence-electron chi connectivity index (χ3n) is 2.61. The SMILES string of the molecule is COC(=O)c1cn[nH]c1CN1CCOCC1. The third kappa shape index (κ3) is 2.40. The van der Waals surface area contributed by atoms with Crippen LogP contribution in [-0.4, -0.2) is 54.5 Å². The van der Waals surface area contributed by atoms with E-state index in [2.05, 4.69) is 19.8 Å². The number of carbonyl (C=O) groups excluding carboxylic acids is 1. The molecule has 1 fully saturated rings. The van der Waals surface area contributed by atoms with Gasteiger partial charge in [-0.05, 0) is 0 Å². The van der Waals surface area contributed by atoms with E-state index in [1.54, 1.807) is 0 Å². The van der Waals surface area contributed by atoms with Crippen molar-refractivity contribution in [3.8, 4) is 0 Å². The van der Waals surface area contributed by atoms with Crippen LogP contribution in [0.25, 0.3) is 0 Å². The fourth-order valence-corrected chi connectivity index (χ4v) is 1.70. The number of nitrogens with one attached hydrogen (secondary N) is 1. The van der Waals surface area contributed by atoms with Gasteiger partial charge in [-0.3, -0.25) is 10.00 Å². The molecule has 0 unspecified atom stereocenters. The minimum Gasteiger partial charge on any atom is -0.465 e. The minimum absolute atomic E-state index is 0.350. The molecule has 0 aromatic carbocycles. The van der Waals surface area contributed by atoms with Gasteiger partial charge in [0, 0.05) is 19.6 Å². The molecule has 0 spiro atoms. The predicted molar refractivity (Wildman–Crippen MR) is 56.0 cm³/mol. The normalized spacial score (nSPS) is 17.3. The number of hydrogen-bond acceptors (Lipinski definition) is 5. The summed E-state index contributed by atoms with van der Waals surface area (Å²) >= 11 is 0. The van der Waals surface area contributed by atoms with Crippen LogP contribution in [0.2, 0.25) is 0 Å². The maximum absolute atomic E-state index is 11.4. The average Bonchev–Trinajstić information content (AvgIpc) is 2.77. The monoisotopic (exact) mass is 225 g/mol. The highest BCUT2D eigenvalue weighted by Gasteiger charge is 2.18. The van der Waals surface area contributed by atoms with Crippen molar-refractivity contribution in [3.05, 3.63) is 17.5 Å². The molecule has 1 aliphatic rings. The van der Waals surface area contributed by atoms with Crippen molar-refractivity contribution < 1.29 is 14.3 Å².